The van der Waals surface area contributed by atoms with Gasteiger partial charge in [0.2, 0.25) is 0 Å². The van der Waals surface area contributed by atoms with Gasteiger partial charge in [0, 0.05) is 17.5 Å². The third-order valence-corrected chi connectivity index (χ3v) is 4.53. The predicted octanol–water partition coefficient (Wildman–Crippen LogP) is 4.29. The molecule has 1 heterocycles. The summed E-state index contributed by atoms with van der Waals surface area (Å²) in [4.78, 5) is 16.5. The average molecular weight is 387 g/mol. The molecule has 2 aromatic carbocycles. The maximum atomic E-state index is 12.9. The summed E-state index contributed by atoms with van der Waals surface area (Å²) in [5.74, 6) is 1.03. The summed E-state index contributed by atoms with van der Waals surface area (Å²) in [6.07, 6.45) is 0. The van der Waals surface area contributed by atoms with E-state index in [1.165, 1.54) is 23.5 Å². The van der Waals surface area contributed by atoms with Crippen molar-refractivity contribution in [3.8, 4) is 22.8 Å². The number of benzene rings is 2. The highest BCUT2D eigenvalue weighted by Gasteiger charge is 2.13. The van der Waals surface area contributed by atoms with E-state index in [0.717, 1.165) is 11.1 Å². The Balaban J connectivity index is 1.65. The number of ether oxygens (including phenoxy) is 2. The number of methoxy groups -OCH3 is 2. The molecule has 140 valence electrons. The van der Waals surface area contributed by atoms with Crippen LogP contribution >= 0.6 is 11.3 Å². The molecule has 0 radical (unpaired) electrons. The quantitative estimate of drug-likeness (QED) is 0.662. The van der Waals surface area contributed by atoms with Gasteiger partial charge in [0.25, 0.3) is 0 Å². The Kier molecular flexibility index (Phi) is 5.87. The van der Waals surface area contributed by atoms with Gasteiger partial charge in [-0.05, 0) is 35.9 Å². The number of aromatic nitrogens is 1. The molecule has 0 saturated heterocycles. The summed E-state index contributed by atoms with van der Waals surface area (Å²) >= 11 is 1.30. The van der Waals surface area contributed by atoms with Gasteiger partial charge in [0.15, 0.2) is 5.13 Å². The van der Waals surface area contributed by atoms with Crippen LogP contribution in [0, 0.1) is 5.82 Å². The van der Waals surface area contributed by atoms with Gasteiger partial charge in [-0.15, -0.1) is 11.3 Å². The van der Waals surface area contributed by atoms with Crippen LogP contribution in [0.2, 0.25) is 0 Å². The van der Waals surface area contributed by atoms with Crippen molar-refractivity contribution in [1.29, 1.82) is 0 Å². The molecule has 3 rings (SSSR count). The first-order valence-corrected chi connectivity index (χ1v) is 8.94. The fourth-order valence-electron chi connectivity index (χ4n) is 2.40. The molecule has 0 spiro atoms. The second kappa shape index (κ2) is 8.50. The number of anilines is 1. The number of carbonyl (C=O) groups excluding carboxylic acids is 1. The number of nitrogens with one attached hydrogen (secondary N) is 2. The Labute approximate surface area is 160 Å². The van der Waals surface area contributed by atoms with Gasteiger partial charge < -0.3 is 14.8 Å². The summed E-state index contributed by atoms with van der Waals surface area (Å²) in [5, 5.41) is 7.67. The maximum Gasteiger partial charge on any atom is 0.321 e. The summed E-state index contributed by atoms with van der Waals surface area (Å²) in [5.41, 5.74) is 2.24. The lowest BCUT2D eigenvalue weighted by atomic mass is 10.1. The molecule has 0 aliphatic carbocycles. The van der Waals surface area contributed by atoms with E-state index < -0.39 is 6.03 Å². The van der Waals surface area contributed by atoms with Crippen LogP contribution in [-0.4, -0.2) is 25.2 Å². The lowest BCUT2D eigenvalue weighted by Crippen LogP contribution is -2.28. The molecule has 8 heteroatoms. The van der Waals surface area contributed by atoms with E-state index in [-0.39, 0.29) is 12.4 Å². The van der Waals surface area contributed by atoms with Crippen LogP contribution in [0.5, 0.6) is 11.5 Å². The maximum absolute atomic E-state index is 12.9. The molecule has 6 nitrogen and oxygen atoms in total. The molecule has 0 saturated carbocycles. The molecule has 3 aromatic rings. The van der Waals surface area contributed by atoms with Gasteiger partial charge in [0.05, 0.1) is 19.9 Å². The van der Waals surface area contributed by atoms with Crippen molar-refractivity contribution in [3.63, 3.8) is 0 Å². The molecule has 2 amide bonds. The fourth-order valence-corrected chi connectivity index (χ4v) is 3.10. The lowest BCUT2D eigenvalue weighted by molar-refractivity contribution is 0.251. The van der Waals surface area contributed by atoms with Crippen LogP contribution in [0.15, 0.2) is 47.8 Å². The molecule has 2 N–H and O–H groups in total. The lowest BCUT2D eigenvalue weighted by Gasteiger charge is -2.08. The second-order valence-corrected chi connectivity index (χ2v) is 6.40. The van der Waals surface area contributed by atoms with Crippen molar-refractivity contribution < 1.29 is 18.7 Å². The van der Waals surface area contributed by atoms with Crippen molar-refractivity contribution in [2.24, 2.45) is 0 Å². The molecule has 0 aliphatic rings. The number of hydrogen-bond acceptors (Lipinski definition) is 5. The summed E-state index contributed by atoms with van der Waals surface area (Å²) in [7, 11) is 3.17. The highest BCUT2D eigenvalue weighted by Crippen LogP contribution is 2.34. The number of carbonyl (C=O) groups is 1. The Morgan fingerprint density at radius 2 is 1.93 bits per heavy atom. The first-order valence-electron chi connectivity index (χ1n) is 8.06. The highest BCUT2D eigenvalue weighted by atomic mass is 32.1. The van der Waals surface area contributed by atoms with Crippen LogP contribution in [0.3, 0.4) is 0 Å². The van der Waals surface area contributed by atoms with E-state index in [1.54, 1.807) is 38.5 Å². The molecule has 0 atom stereocenters. The van der Waals surface area contributed by atoms with Crippen molar-refractivity contribution in [1.82, 2.24) is 10.3 Å². The second-order valence-electron chi connectivity index (χ2n) is 5.54. The zero-order chi connectivity index (χ0) is 19.2. The smallest absolute Gasteiger partial charge is 0.321 e. The number of urea groups is 1. The van der Waals surface area contributed by atoms with E-state index >= 15 is 0 Å². The number of rotatable bonds is 6. The standard InChI is InChI=1S/C19H18FN3O3S/c1-25-14-7-8-17(26-2)15(9-14)16-11-27-19(22-16)23-18(24)21-10-12-3-5-13(20)6-4-12/h3-9,11H,10H2,1-2H3,(H2,21,22,23,24). The molecule has 0 aliphatic heterocycles. The molecule has 0 fully saturated rings. The van der Waals surface area contributed by atoms with E-state index in [9.17, 15) is 9.18 Å². The minimum absolute atomic E-state index is 0.286. The van der Waals surface area contributed by atoms with E-state index in [1.807, 2.05) is 11.4 Å². The number of amides is 2. The normalized spacial score (nSPS) is 10.3. The van der Waals surface area contributed by atoms with Gasteiger partial charge in [0.1, 0.15) is 17.3 Å². The Hall–Kier alpha value is -3.13. The van der Waals surface area contributed by atoms with E-state index in [4.69, 9.17) is 9.47 Å². The van der Waals surface area contributed by atoms with Crippen molar-refractivity contribution in [2.45, 2.75) is 6.54 Å². The zero-order valence-electron chi connectivity index (χ0n) is 14.8. The van der Waals surface area contributed by atoms with Gasteiger partial charge in [-0.25, -0.2) is 14.2 Å². The summed E-state index contributed by atoms with van der Waals surface area (Å²) in [6.45, 7) is 0.286. The largest absolute Gasteiger partial charge is 0.497 e. The Bertz CT molecular complexity index is 928. The van der Waals surface area contributed by atoms with Gasteiger partial charge in [-0.3, -0.25) is 5.32 Å². The van der Waals surface area contributed by atoms with Crippen molar-refractivity contribution >= 4 is 22.5 Å². The molecule has 0 bridgehead atoms. The van der Waals surface area contributed by atoms with Crippen LogP contribution in [0.25, 0.3) is 11.3 Å². The number of thiazole rings is 1. The van der Waals surface area contributed by atoms with E-state index in [0.29, 0.717) is 22.3 Å². The van der Waals surface area contributed by atoms with E-state index in [2.05, 4.69) is 15.6 Å². The third-order valence-electron chi connectivity index (χ3n) is 3.77. The Morgan fingerprint density at radius 3 is 2.63 bits per heavy atom. The molecule has 27 heavy (non-hydrogen) atoms. The van der Waals surface area contributed by atoms with Crippen LogP contribution < -0.4 is 20.1 Å². The van der Waals surface area contributed by atoms with Crippen LogP contribution in [0.1, 0.15) is 5.56 Å². The predicted molar refractivity (Wildman–Crippen MR) is 103 cm³/mol. The van der Waals surface area contributed by atoms with Crippen molar-refractivity contribution in [2.75, 3.05) is 19.5 Å². The molecule has 0 unspecified atom stereocenters. The number of nitrogens with zero attached hydrogens (tertiary/aromatic N) is 1. The number of halogens is 1. The first kappa shape index (κ1) is 18.7. The monoisotopic (exact) mass is 387 g/mol. The van der Waals surface area contributed by atoms with Crippen LogP contribution in [0.4, 0.5) is 14.3 Å². The molecule has 1 aromatic heterocycles. The molecular formula is C19H18FN3O3S. The van der Waals surface area contributed by atoms with Gasteiger partial charge >= 0.3 is 6.03 Å². The van der Waals surface area contributed by atoms with Gasteiger partial charge in [-0.2, -0.15) is 0 Å². The van der Waals surface area contributed by atoms with Crippen LogP contribution in [-0.2, 0) is 6.54 Å². The van der Waals surface area contributed by atoms with Crippen molar-refractivity contribution in [3.05, 3.63) is 59.2 Å². The number of hydrogen-bond donors (Lipinski definition) is 2. The minimum Gasteiger partial charge on any atom is -0.497 e. The zero-order valence-corrected chi connectivity index (χ0v) is 15.6. The average Bonchev–Trinajstić information content (AvgIpc) is 3.15. The first-order chi connectivity index (χ1) is 13.1. The SMILES string of the molecule is COc1ccc(OC)c(-c2csc(NC(=O)NCc3ccc(F)cc3)n2)c1. The third kappa shape index (κ3) is 4.73. The topological polar surface area (TPSA) is 72.5 Å². The Morgan fingerprint density at radius 1 is 1.15 bits per heavy atom. The fraction of sp³-hybridized carbons (Fsp3) is 0.158. The minimum atomic E-state index is -0.391. The van der Waals surface area contributed by atoms with Gasteiger partial charge in [-0.1, -0.05) is 12.1 Å². The summed E-state index contributed by atoms with van der Waals surface area (Å²) in [6, 6.07) is 11.0. The summed E-state index contributed by atoms with van der Waals surface area (Å²) < 4.78 is 23.5. The highest BCUT2D eigenvalue weighted by molar-refractivity contribution is 7.14. The molecular weight excluding hydrogens is 369 g/mol.